The van der Waals surface area contributed by atoms with Crippen LogP contribution in [0.3, 0.4) is 0 Å². The summed E-state index contributed by atoms with van der Waals surface area (Å²) in [5.41, 5.74) is 3.52. The molecule has 10 nitrogen and oxygen atoms in total. The van der Waals surface area contributed by atoms with E-state index in [9.17, 15) is 14.7 Å². The van der Waals surface area contributed by atoms with E-state index < -0.39 is 11.9 Å². The van der Waals surface area contributed by atoms with E-state index in [4.69, 9.17) is 27.6 Å². The van der Waals surface area contributed by atoms with Gasteiger partial charge in [-0.25, -0.2) is 19.5 Å². The number of rotatable bonds is 5. The molecule has 0 aliphatic carbocycles. The van der Waals surface area contributed by atoms with Crippen molar-refractivity contribution in [3.63, 3.8) is 0 Å². The molecule has 0 atom stereocenters. The lowest BCUT2D eigenvalue weighted by Crippen LogP contribution is -2.39. The van der Waals surface area contributed by atoms with Crippen molar-refractivity contribution < 1.29 is 14.3 Å². The maximum absolute atomic E-state index is 12.6. The lowest BCUT2D eigenvalue weighted by Gasteiger charge is -2.21. The second-order valence-electron chi connectivity index (χ2n) is 9.84. The maximum Gasteiger partial charge on any atom is 0.363 e. The van der Waals surface area contributed by atoms with Crippen LogP contribution in [0.2, 0.25) is 10.0 Å². The molecule has 0 fully saturated rings. The summed E-state index contributed by atoms with van der Waals surface area (Å²) in [7, 11) is 7.96. The highest BCUT2D eigenvalue weighted by molar-refractivity contribution is 6.42. The number of amides is 2. The van der Waals surface area contributed by atoms with Gasteiger partial charge in [0.2, 0.25) is 5.69 Å². The highest BCUT2D eigenvalue weighted by Gasteiger charge is 2.27. The number of benzene rings is 2. The van der Waals surface area contributed by atoms with E-state index in [0.29, 0.717) is 26.0 Å². The fourth-order valence-electron chi connectivity index (χ4n) is 4.17. The largest absolute Gasteiger partial charge is 0.860 e. The van der Waals surface area contributed by atoms with E-state index in [-0.39, 0.29) is 12.1 Å². The number of aliphatic imine (C=N–C) groups is 1. The van der Waals surface area contributed by atoms with Crippen LogP contribution >= 0.6 is 23.2 Å². The van der Waals surface area contributed by atoms with Gasteiger partial charge in [0.25, 0.3) is 0 Å². The summed E-state index contributed by atoms with van der Waals surface area (Å²) in [4.78, 5) is 27.1. The van der Waals surface area contributed by atoms with Gasteiger partial charge in [0.1, 0.15) is 11.5 Å². The fourth-order valence-corrected chi connectivity index (χ4v) is 4.46. The van der Waals surface area contributed by atoms with Gasteiger partial charge in [-0.3, -0.25) is 14.0 Å². The van der Waals surface area contributed by atoms with Crippen molar-refractivity contribution in [3.8, 4) is 17.0 Å². The molecule has 1 aliphatic heterocycles. The number of hydrazone groups is 1. The normalized spacial score (nSPS) is 13.5. The van der Waals surface area contributed by atoms with Gasteiger partial charge in [-0.05, 0) is 55.3 Å². The van der Waals surface area contributed by atoms with E-state index in [0.717, 1.165) is 27.6 Å². The van der Waals surface area contributed by atoms with Crippen LogP contribution < -0.4 is 15.1 Å². The number of hydrogen-bond donors (Lipinski definition) is 0. The number of para-hydroxylation sites is 1. The molecule has 40 heavy (non-hydrogen) atoms. The highest BCUT2D eigenvalue weighted by Crippen LogP contribution is 2.29. The molecule has 2 aromatic heterocycles. The van der Waals surface area contributed by atoms with E-state index in [2.05, 4.69) is 10.1 Å². The number of urea groups is 1. The first kappa shape index (κ1) is 28.9. The third-order valence-electron chi connectivity index (χ3n) is 6.08. The van der Waals surface area contributed by atoms with Crippen LogP contribution in [0.5, 0.6) is 0 Å². The molecule has 0 bridgehead atoms. The van der Waals surface area contributed by atoms with E-state index >= 15 is 0 Å². The predicted octanol–water partition coefficient (Wildman–Crippen LogP) is 4.46. The van der Waals surface area contributed by atoms with Crippen LogP contribution in [0.15, 0.2) is 80.0 Å². The van der Waals surface area contributed by atoms with Crippen LogP contribution in [0.1, 0.15) is 11.5 Å². The van der Waals surface area contributed by atoms with Gasteiger partial charge in [-0.15, -0.1) is 0 Å². The first-order chi connectivity index (χ1) is 18.9. The van der Waals surface area contributed by atoms with E-state index in [1.54, 1.807) is 35.0 Å². The molecule has 0 radical (unpaired) electrons. The Balaban J connectivity index is 0.000000189. The molecule has 2 amide bonds. The Labute approximate surface area is 241 Å². The molecule has 3 heterocycles. The lowest BCUT2D eigenvalue weighted by molar-refractivity contribution is -0.217. The summed E-state index contributed by atoms with van der Waals surface area (Å²) in [5.74, 6) is 0.486. The molecule has 5 rings (SSSR count). The van der Waals surface area contributed by atoms with Crippen LogP contribution in [0.25, 0.3) is 17.0 Å². The number of carbonyl (C=O) groups excluding carboxylic acids is 1. The zero-order valence-electron chi connectivity index (χ0n) is 22.6. The third-order valence-corrected chi connectivity index (χ3v) is 6.82. The Morgan fingerprint density at radius 2 is 1.73 bits per heavy atom. The SMILES string of the molecule is Cc1c([N+](C)(C)C)c(=O)n(-c2ccccc2)n1C.O=C1N=C([O-])CN1/N=C/c1ccc(-c2ccc(Cl)c(Cl)c2)o1. The number of carbonyl (C=O) groups is 1. The Kier molecular flexibility index (Phi) is 8.34. The molecule has 0 spiro atoms. The van der Waals surface area contributed by atoms with Crippen molar-refractivity contribution in [1.29, 1.82) is 0 Å². The molecule has 0 N–H and O–H groups in total. The van der Waals surface area contributed by atoms with Gasteiger partial charge in [0.15, 0.2) is 0 Å². The topological polar surface area (TPSA) is 108 Å². The molecule has 1 aliphatic rings. The Hall–Kier alpha value is -4.12. The summed E-state index contributed by atoms with van der Waals surface area (Å²) in [6, 6.07) is 17.6. The van der Waals surface area contributed by atoms with Crippen molar-refractivity contribution in [2.24, 2.45) is 17.1 Å². The molecule has 4 aromatic rings. The van der Waals surface area contributed by atoms with E-state index in [1.165, 1.54) is 6.21 Å². The smallest absolute Gasteiger partial charge is 0.363 e. The maximum atomic E-state index is 12.6. The van der Waals surface area contributed by atoms with Crippen molar-refractivity contribution in [2.45, 2.75) is 6.92 Å². The number of halogens is 2. The molecule has 208 valence electrons. The van der Waals surface area contributed by atoms with Crippen LogP contribution in [-0.2, 0) is 7.05 Å². The summed E-state index contributed by atoms with van der Waals surface area (Å²) in [5, 5.41) is 16.7. The van der Waals surface area contributed by atoms with Crippen molar-refractivity contribution in [1.82, 2.24) is 18.9 Å². The van der Waals surface area contributed by atoms with Gasteiger partial charge >= 0.3 is 11.6 Å². The number of furan rings is 1. The van der Waals surface area contributed by atoms with Crippen molar-refractivity contribution in [2.75, 3.05) is 27.7 Å². The monoisotopic (exact) mass is 582 g/mol. The number of aromatic nitrogens is 2. The summed E-state index contributed by atoms with van der Waals surface area (Å²) in [6.45, 7) is 1.83. The average molecular weight is 583 g/mol. The Morgan fingerprint density at radius 1 is 1.02 bits per heavy atom. The van der Waals surface area contributed by atoms with Gasteiger partial charge in [-0.2, -0.15) is 5.10 Å². The molecule has 0 saturated heterocycles. The molecular weight excluding hydrogens is 555 g/mol. The van der Waals surface area contributed by atoms with Gasteiger partial charge in [-0.1, -0.05) is 41.4 Å². The minimum atomic E-state index is -0.683. The molecule has 2 aromatic carbocycles. The molecule has 12 heteroatoms. The summed E-state index contributed by atoms with van der Waals surface area (Å²) < 4.78 is 9.74. The summed E-state index contributed by atoms with van der Waals surface area (Å²) >= 11 is 11.8. The average Bonchev–Trinajstić information content (AvgIpc) is 3.56. The molecule has 0 saturated carbocycles. The standard InChI is InChI=1S/C14H9Cl2N3O3.C14H20N3O/c15-10-3-1-8(5-11(10)16)12-4-2-9(22-12)6-17-19-7-13(20)18-14(19)21;1-11-13(17(3,4)5)14(18)16(15(11)2)12-9-7-6-8-10-12/h1-6H,7H2,(H,18,20,21);6-10H,1-5H3/q;+1/p-1/b17-6+;. The minimum Gasteiger partial charge on any atom is -0.860 e. The fraction of sp³-hybridized carbons (Fsp3) is 0.214. The van der Waals surface area contributed by atoms with Crippen LogP contribution in [0, 0.1) is 6.92 Å². The van der Waals surface area contributed by atoms with Crippen molar-refractivity contribution in [3.05, 3.63) is 92.5 Å². The number of hydrogen-bond acceptors (Lipinski definition) is 5. The van der Waals surface area contributed by atoms with Crippen LogP contribution in [0.4, 0.5) is 10.5 Å². The van der Waals surface area contributed by atoms with Gasteiger partial charge < -0.3 is 9.52 Å². The quantitative estimate of drug-likeness (QED) is 0.255. The zero-order valence-corrected chi connectivity index (χ0v) is 24.1. The van der Waals surface area contributed by atoms with Crippen LogP contribution in [-0.4, -0.2) is 60.2 Å². The van der Waals surface area contributed by atoms with Gasteiger partial charge in [0.05, 0.1) is 55.3 Å². The Bertz CT molecular complexity index is 1660. The second kappa shape index (κ2) is 11.5. The number of quaternary nitrogens is 1. The zero-order chi connectivity index (χ0) is 29.2. The first-order valence-corrected chi connectivity index (χ1v) is 12.9. The second-order valence-corrected chi connectivity index (χ2v) is 10.7. The molecular formula is C28H28Cl2N6O4. The highest BCUT2D eigenvalue weighted by atomic mass is 35.5. The first-order valence-electron chi connectivity index (χ1n) is 12.2. The van der Waals surface area contributed by atoms with Crippen molar-refractivity contribution >= 4 is 47.0 Å². The third kappa shape index (κ3) is 6.20. The predicted molar refractivity (Wildman–Crippen MR) is 157 cm³/mol. The van der Waals surface area contributed by atoms with E-state index in [1.807, 2.05) is 70.1 Å². The van der Waals surface area contributed by atoms with Gasteiger partial charge in [0, 0.05) is 12.6 Å². The number of nitrogens with zero attached hydrogens (tertiary/aromatic N) is 6. The summed E-state index contributed by atoms with van der Waals surface area (Å²) in [6.07, 6.45) is 1.34. The Morgan fingerprint density at radius 3 is 2.30 bits per heavy atom. The minimum absolute atomic E-state index is 0.0497. The molecule has 0 unspecified atom stereocenters. The lowest BCUT2D eigenvalue weighted by atomic mass is 10.2.